The van der Waals surface area contributed by atoms with Gasteiger partial charge in [-0.3, -0.25) is 0 Å². The predicted molar refractivity (Wildman–Crippen MR) is 102 cm³/mol. The molecule has 0 aliphatic heterocycles. The molecule has 0 fully saturated rings. The molecule has 0 aromatic carbocycles. The van der Waals surface area contributed by atoms with E-state index in [1.165, 1.54) is 51.6 Å². The van der Waals surface area contributed by atoms with Gasteiger partial charge in [0.05, 0.1) is 26.2 Å². The molecule has 0 amide bonds. The molecule has 0 radical (unpaired) electrons. The fourth-order valence-corrected chi connectivity index (χ4v) is 3.03. The van der Waals surface area contributed by atoms with Crippen LogP contribution in [0.3, 0.4) is 0 Å². The summed E-state index contributed by atoms with van der Waals surface area (Å²) in [6.07, 6.45) is 12.2. The van der Waals surface area contributed by atoms with Gasteiger partial charge in [-0.1, -0.05) is 59.6 Å². The molecule has 26 heavy (non-hydrogen) atoms. The first kappa shape index (κ1) is 27.7. The summed E-state index contributed by atoms with van der Waals surface area (Å²) < 4.78 is 60.4. The van der Waals surface area contributed by atoms with Crippen LogP contribution in [-0.2, 0) is 0 Å². The van der Waals surface area contributed by atoms with Crippen LogP contribution in [0, 0.1) is 5.92 Å². The van der Waals surface area contributed by atoms with Gasteiger partial charge in [0.15, 0.2) is 0 Å². The van der Waals surface area contributed by atoms with E-state index in [1.807, 2.05) is 0 Å². The molecule has 1 atom stereocenters. The van der Waals surface area contributed by atoms with Gasteiger partial charge < -0.3 is 4.48 Å². The van der Waals surface area contributed by atoms with Crippen molar-refractivity contribution in [3.05, 3.63) is 25.3 Å². The van der Waals surface area contributed by atoms with E-state index in [-0.39, 0.29) is 0 Å². The molecule has 0 aliphatic rings. The molecule has 0 aromatic heterocycles. The van der Waals surface area contributed by atoms with Crippen LogP contribution in [0.2, 0.25) is 0 Å². The van der Waals surface area contributed by atoms with Crippen LogP contribution in [0.15, 0.2) is 25.3 Å². The molecular weight excluding hydrogens is 375 g/mol. The van der Waals surface area contributed by atoms with E-state index in [2.05, 4.69) is 46.1 Å². The first-order chi connectivity index (χ1) is 11.6. The second-order valence-corrected chi connectivity index (χ2v) is 9.02. The molecule has 0 aromatic rings. The van der Waals surface area contributed by atoms with Crippen LogP contribution in [0.1, 0.15) is 59.3 Å². The monoisotopic (exact) mass is 411 g/mol. The van der Waals surface area contributed by atoms with Gasteiger partial charge in [-0.25, -0.2) is 0 Å². The van der Waals surface area contributed by atoms with Crippen LogP contribution in [-0.4, -0.2) is 30.7 Å². The van der Waals surface area contributed by atoms with Gasteiger partial charge in [0.2, 0.25) is 0 Å². The Labute approximate surface area is 155 Å². The summed E-state index contributed by atoms with van der Waals surface area (Å²) in [5.41, 5.74) is 0. The Kier molecular flexibility index (Phi) is 11.4. The molecule has 0 N–H and O–H groups in total. The Morgan fingerprint density at radius 3 is 1.62 bits per heavy atom. The average molecular weight is 411 g/mol. The van der Waals surface area contributed by atoms with Gasteiger partial charge in [0, 0.05) is 5.92 Å². The zero-order valence-electron chi connectivity index (χ0n) is 16.4. The van der Waals surface area contributed by atoms with Crippen molar-refractivity contribution in [1.29, 1.82) is 0 Å². The molecule has 8 heteroatoms. The van der Waals surface area contributed by atoms with E-state index < -0.39 is 7.81 Å². The van der Waals surface area contributed by atoms with Crippen LogP contribution in [0.25, 0.3) is 0 Å². The summed E-state index contributed by atoms with van der Waals surface area (Å²) in [5.74, 6) is 0.809. The van der Waals surface area contributed by atoms with E-state index in [1.54, 1.807) is 0 Å². The fraction of sp³-hybridized carbons (Fsp3) is 0.778. The Bertz CT molecular complexity index is 383. The van der Waals surface area contributed by atoms with Gasteiger partial charge in [0.1, 0.15) is 0 Å². The van der Waals surface area contributed by atoms with Crippen molar-refractivity contribution in [2.24, 2.45) is 5.92 Å². The molecule has 0 saturated heterocycles. The summed E-state index contributed by atoms with van der Waals surface area (Å²) in [6.45, 7) is 19.6. The predicted octanol–water partition coefficient (Wildman–Crippen LogP) is 8.57. The van der Waals surface area contributed by atoms with Gasteiger partial charge in [-0.2, -0.15) is 0 Å². The average Bonchev–Trinajstić information content (AvgIpc) is 2.42. The topological polar surface area (TPSA) is 0 Å². The molecule has 0 heterocycles. The van der Waals surface area contributed by atoms with Crippen molar-refractivity contribution >= 4 is 7.81 Å². The number of rotatable bonds is 13. The number of halogens is 6. The van der Waals surface area contributed by atoms with Gasteiger partial charge >= 0.3 is 33.0 Å². The summed E-state index contributed by atoms with van der Waals surface area (Å²) in [6, 6.07) is 0. The molecular formula is C18H36F6NP. The number of hydrogen-bond donors (Lipinski definition) is 0. The number of quaternary nitrogens is 1. The Balaban J connectivity index is 0. The van der Waals surface area contributed by atoms with Crippen molar-refractivity contribution in [3.63, 3.8) is 0 Å². The summed E-state index contributed by atoms with van der Waals surface area (Å²) in [4.78, 5) is 0. The summed E-state index contributed by atoms with van der Waals surface area (Å²) in [7, 11) is -10.7. The molecule has 0 aliphatic carbocycles. The Morgan fingerprint density at radius 1 is 0.846 bits per heavy atom. The Hall–Kier alpha value is -0.550. The molecule has 0 spiro atoms. The standard InChI is InChI=1S/C18H36N.F6P/c1-6-10-12-13-18(5)17-19(14-8-3,15-9-4)16-11-7-2;1-7(2,3,4,5)6/h8-9,18H,3-4,6-7,10-17H2,1-2,5H3;/q+1;-1. The van der Waals surface area contributed by atoms with Gasteiger partial charge in [-0.15, -0.1) is 0 Å². The third-order valence-corrected chi connectivity index (χ3v) is 4.02. The minimum atomic E-state index is -10.7. The summed E-state index contributed by atoms with van der Waals surface area (Å²) in [5, 5.41) is 0. The van der Waals surface area contributed by atoms with E-state index in [4.69, 9.17) is 0 Å². The Morgan fingerprint density at radius 2 is 1.27 bits per heavy atom. The van der Waals surface area contributed by atoms with Gasteiger partial charge in [-0.05, 0) is 25.0 Å². The first-order valence-electron chi connectivity index (χ1n) is 9.22. The molecule has 0 bridgehead atoms. The van der Waals surface area contributed by atoms with Crippen LogP contribution in [0.4, 0.5) is 25.2 Å². The second-order valence-electron chi connectivity index (χ2n) is 7.10. The van der Waals surface area contributed by atoms with Crippen molar-refractivity contribution in [2.45, 2.75) is 59.3 Å². The molecule has 160 valence electrons. The molecule has 1 unspecified atom stereocenters. The number of hydrogen-bond acceptors (Lipinski definition) is 0. The third kappa shape index (κ3) is 23.4. The molecule has 0 saturated carbocycles. The number of unbranched alkanes of at least 4 members (excludes halogenated alkanes) is 3. The fourth-order valence-electron chi connectivity index (χ4n) is 3.03. The zero-order chi connectivity index (χ0) is 21.0. The summed E-state index contributed by atoms with van der Waals surface area (Å²) >= 11 is 0. The van der Waals surface area contributed by atoms with E-state index in [0.717, 1.165) is 23.5 Å². The third-order valence-electron chi connectivity index (χ3n) is 4.02. The maximum absolute atomic E-state index is 10.7. The van der Waals surface area contributed by atoms with Crippen molar-refractivity contribution in [3.8, 4) is 0 Å². The quantitative estimate of drug-likeness (QED) is 0.0936. The minimum absolute atomic E-state index is 0.809. The van der Waals surface area contributed by atoms with Crippen molar-refractivity contribution in [2.75, 3.05) is 26.2 Å². The van der Waals surface area contributed by atoms with Crippen LogP contribution < -0.4 is 0 Å². The zero-order valence-corrected chi connectivity index (χ0v) is 17.3. The normalized spacial score (nSPS) is 15.9. The van der Waals surface area contributed by atoms with E-state index >= 15 is 0 Å². The maximum atomic E-state index is 9.87. The molecule has 0 rings (SSSR count). The van der Waals surface area contributed by atoms with Crippen molar-refractivity contribution < 1.29 is 29.7 Å². The number of nitrogens with zero attached hydrogens (tertiary/aromatic N) is 1. The first-order valence-corrected chi connectivity index (χ1v) is 11.2. The van der Waals surface area contributed by atoms with Crippen molar-refractivity contribution in [1.82, 2.24) is 0 Å². The van der Waals surface area contributed by atoms with Crippen LogP contribution in [0.5, 0.6) is 0 Å². The molecule has 1 nitrogen and oxygen atoms in total. The SMILES string of the molecule is C=CC[N+](CC=C)(CCCC)CC(C)CCCCC.F[P-](F)(F)(F)(F)F. The van der Waals surface area contributed by atoms with E-state index in [9.17, 15) is 25.2 Å². The van der Waals surface area contributed by atoms with Gasteiger partial charge in [0.25, 0.3) is 0 Å². The van der Waals surface area contributed by atoms with Crippen LogP contribution >= 0.6 is 7.81 Å². The van der Waals surface area contributed by atoms with E-state index in [0.29, 0.717) is 0 Å². The second kappa shape index (κ2) is 10.7.